The molecule has 1 aliphatic carbocycles. The molecular weight excluding hydrogens is 324 g/mol. The summed E-state index contributed by atoms with van der Waals surface area (Å²) in [5, 5.41) is 8.68. The second-order valence-electron chi connectivity index (χ2n) is 3.91. The van der Waals surface area contributed by atoms with Crippen LogP contribution >= 0.6 is 27.3 Å². The highest BCUT2D eigenvalue weighted by Crippen LogP contribution is 2.28. The molecule has 92 valence electrons. The number of thiophene rings is 1. The summed E-state index contributed by atoms with van der Waals surface area (Å²) in [4.78, 5) is 0.611. The van der Waals surface area contributed by atoms with Gasteiger partial charge in [0, 0.05) is 10.9 Å². The smallest absolute Gasteiger partial charge is 0.206 e. The quantitative estimate of drug-likeness (QED) is 0.861. The van der Waals surface area contributed by atoms with Gasteiger partial charge in [-0.2, -0.15) is 5.26 Å². The molecule has 0 spiro atoms. The number of halogens is 1. The predicted molar refractivity (Wildman–Crippen MR) is 69.7 cm³/mol. The second-order valence-corrected chi connectivity index (χ2v) is 8.11. The molecule has 1 N–H and O–H groups in total. The lowest BCUT2D eigenvalue weighted by molar-refractivity contribution is 0.558. The topological polar surface area (TPSA) is 70.0 Å². The molecule has 4 nitrogen and oxygen atoms in total. The Morgan fingerprint density at radius 2 is 2.24 bits per heavy atom. The normalized spacial score (nSPS) is 24.7. The lowest BCUT2D eigenvalue weighted by Gasteiger charge is -2.15. The van der Waals surface area contributed by atoms with Crippen molar-refractivity contribution in [1.82, 2.24) is 4.72 Å². The summed E-state index contributed by atoms with van der Waals surface area (Å²) in [5.41, 5.74) is 0. The molecule has 1 aromatic heterocycles. The summed E-state index contributed by atoms with van der Waals surface area (Å²) in [7, 11) is -3.48. The molecule has 2 atom stereocenters. The average Bonchev–Trinajstić information content (AvgIpc) is 2.88. The highest BCUT2D eigenvalue weighted by molar-refractivity contribution is 9.09. The Morgan fingerprint density at radius 1 is 1.47 bits per heavy atom. The van der Waals surface area contributed by atoms with Crippen molar-refractivity contribution in [1.29, 1.82) is 5.26 Å². The lowest BCUT2D eigenvalue weighted by atomic mass is 10.3. The van der Waals surface area contributed by atoms with E-state index < -0.39 is 10.0 Å². The molecule has 1 heterocycles. The van der Waals surface area contributed by atoms with Gasteiger partial charge in [-0.3, -0.25) is 0 Å². The second kappa shape index (κ2) is 5.06. The number of hydrogen-bond acceptors (Lipinski definition) is 4. The van der Waals surface area contributed by atoms with Gasteiger partial charge in [-0.05, 0) is 25.0 Å². The highest BCUT2D eigenvalue weighted by atomic mass is 79.9. The monoisotopic (exact) mass is 334 g/mol. The van der Waals surface area contributed by atoms with Crippen molar-refractivity contribution in [3.8, 4) is 6.07 Å². The number of rotatable bonds is 3. The number of nitrogens with zero attached hydrogens (tertiary/aromatic N) is 1. The molecule has 0 saturated heterocycles. The first-order valence-electron chi connectivity index (χ1n) is 5.19. The van der Waals surface area contributed by atoms with Gasteiger partial charge in [0.05, 0.1) is 0 Å². The van der Waals surface area contributed by atoms with Crippen molar-refractivity contribution >= 4 is 37.3 Å². The molecule has 1 saturated carbocycles. The fourth-order valence-corrected chi connectivity index (χ4v) is 5.16. The number of nitriles is 1. The van der Waals surface area contributed by atoms with Crippen LogP contribution in [0.4, 0.5) is 0 Å². The maximum atomic E-state index is 12.0. The van der Waals surface area contributed by atoms with Crippen molar-refractivity contribution in [2.24, 2.45) is 0 Å². The molecule has 2 rings (SSSR count). The van der Waals surface area contributed by atoms with Crippen LogP contribution < -0.4 is 4.72 Å². The third kappa shape index (κ3) is 2.88. The van der Waals surface area contributed by atoms with E-state index in [4.69, 9.17) is 5.26 Å². The van der Waals surface area contributed by atoms with E-state index in [-0.39, 0.29) is 15.1 Å². The Kier molecular flexibility index (Phi) is 3.88. The van der Waals surface area contributed by atoms with E-state index in [1.807, 2.05) is 6.07 Å². The van der Waals surface area contributed by atoms with Gasteiger partial charge in [0.25, 0.3) is 0 Å². The average molecular weight is 335 g/mol. The minimum atomic E-state index is -3.48. The molecule has 0 aromatic carbocycles. The van der Waals surface area contributed by atoms with Crippen LogP contribution in [0.2, 0.25) is 0 Å². The Balaban J connectivity index is 2.16. The van der Waals surface area contributed by atoms with E-state index in [0.29, 0.717) is 4.88 Å². The summed E-state index contributed by atoms with van der Waals surface area (Å²) in [6, 6.07) is 4.89. The standard InChI is InChI=1S/C10H11BrN2O2S2/c11-8-2-1-3-9(8)13-17(14,15)10-5-4-7(6-12)16-10/h4-5,8-9,13H,1-3H2. The van der Waals surface area contributed by atoms with Crippen LogP contribution in [0.5, 0.6) is 0 Å². The molecule has 0 aliphatic heterocycles. The third-order valence-electron chi connectivity index (χ3n) is 2.69. The Labute approximate surface area is 113 Å². The summed E-state index contributed by atoms with van der Waals surface area (Å²) < 4.78 is 27.0. The number of alkyl halides is 1. The van der Waals surface area contributed by atoms with Crippen LogP contribution in [0.15, 0.2) is 16.3 Å². The Bertz CT molecular complexity index is 547. The fraction of sp³-hybridized carbons (Fsp3) is 0.500. The van der Waals surface area contributed by atoms with Gasteiger partial charge in [-0.25, -0.2) is 13.1 Å². The highest BCUT2D eigenvalue weighted by Gasteiger charge is 2.30. The SMILES string of the molecule is N#Cc1ccc(S(=O)(=O)NC2CCCC2Br)s1. The molecule has 0 amide bonds. The van der Waals surface area contributed by atoms with Crippen LogP contribution in [0.1, 0.15) is 24.1 Å². The zero-order valence-electron chi connectivity index (χ0n) is 8.89. The molecule has 1 aliphatic rings. The largest absolute Gasteiger partial charge is 0.250 e. The van der Waals surface area contributed by atoms with Gasteiger partial charge in [0.2, 0.25) is 10.0 Å². The maximum absolute atomic E-state index is 12.0. The van der Waals surface area contributed by atoms with Gasteiger partial charge in [-0.15, -0.1) is 11.3 Å². The van der Waals surface area contributed by atoms with Gasteiger partial charge in [-0.1, -0.05) is 22.4 Å². The van der Waals surface area contributed by atoms with Crippen LogP contribution in [-0.2, 0) is 10.0 Å². The van der Waals surface area contributed by atoms with Crippen LogP contribution in [0, 0.1) is 11.3 Å². The van der Waals surface area contributed by atoms with E-state index in [0.717, 1.165) is 30.6 Å². The molecule has 17 heavy (non-hydrogen) atoms. The van der Waals surface area contributed by atoms with Gasteiger partial charge in [0.15, 0.2) is 0 Å². The Morgan fingerprint density at radius 3 is 2.76 bits per heavy atom. The third-order valence-corrected chi connectivity index (χ3v) is 6.76. The van der Waals surface area contributed by atoms with E-state index in [9.17, 15) is 8.42 Å². The van der Waals surface area contributed by atoms with Gasteiger partial charge >= 0.3 is 0 Å². The molecular formula is C10H11BrN2O2S2. The lowest BCUT2D eigenvalue weighted by Crippen LogP contribution is -2.37. The zero-order chi connectivity index (χ0) is 12.5. The van der Waals surface area contributed by atoms with E-state index >= 15 is 0 Å². The van der Waals surface area contributed by atoms with Gasteiger partial charge in [0.1, 0.15) is 15.2 Å². The minimum absolute atomic E-state index is 0.0485. The van der Waals surface area contributed by atoms with Crippen molar-refractivity contribution in [2.45, 2.75) is 34.3 Å². The summed E-state index contributed by atoms with van der Waals surface area (Å²) in [6.07, 6.45) is 2.86. The van der Waals surface area contributed by atoms with E-state index in [1.165, 1.54) is 12.1 Å². The molecule has 0 bridgehead atoms. The van der Waals surface area contributed by atoms with E-state index in [1.54, 1.807) is 0 Å². The first kappa shape index (κ1) is 13.0. The number of nitrogens with one attached hydrogen (secondary N) is 1. The number of hydrogen-bond donors (Lipinski definition) is 1. The number of sulfonamides is 1. The van der Waals surface area contributed by atoms with Crippen LogP contribution in [-0.4, -0.2) is 19.3 Å². The summed E-state index contributed by atoms with van der Waals surface area (Å²) in [6.45, 7) is 0. The van der Waals surface area contributed by atoms with Crippen molar-refractivity contribution in [2.75, 3.05) is 0 Å². The predicted octanol–water partition coefficient (Wildman–Crippen LogP) is 2.21. The molecule has 7 heteroatoms. The van der Waals surface area contributed by atoms with Gasteiger partial charge < -0.3 is 0 Å². The fourth-order valence-electron chi connectivity index (χ4n) is 1.83. The first-order chi connectivity index (χ1) is 8.03. The van der Waals surface area contributed by atoms with Crippen molar-refractivity contribution < 1.29 is 8.42 Å². The molecule has 2 unspecified atom stereocenters. The first-order valence-corrected chi connectivity index (χ1v) is 8.41. The molecule has 0 radical (unpaired) electrons. The van der Waals surface area contributed by atoms with Crippen LogP contribution in [0.3, 0.4) is 0 Å². The Hall–Kier alpha value is -0.420. The van der Waals surface area contributed by atoms with Crippen LogP contribution in [0.25, 0.3) is 0 Å². The van der Waals surface area contributed by atoms with Crippen molar-refractivity contribution in [3.63, 3.8) is 0 Å². The minimum Gasteiger partial charge on any atom is -0.206 e. The summed E-state index contributed by atoms with van der Waals surface area (Å²) >= 11 is 4.47. The molecule has 1 aromatic rings. The van der Waals surface area contributed by atoms with E-state index in [2.05, 4.69) is 20.7 Å². The molecule has 1 fully saturated rings. The zero-order valence-corrected chi connectivity index (χ0v) is 12.1. The maximum Gasteiger partial charge on any atom is 0.250 e. The summed E-state index contributed by atoms with van der Waals surface area (Å²) in [5.74, 6) is 0. The van der Waals surface area contributed by atoms with Crippen molar-refractivity contribution in [3.05, 3.63) is 17.0 Å².